The molecule has 0 aromatic carbocycles. The zero-order valence-electron chi connectivity index (χ0n) is 24.9. The first kappa shape index (κ1) is 41.2. The zero-order chi connectivity index (χ0) is 27.0. The van der Waals surface area contributed by atoms with Crippen molar-refractivity contribution < 1.29 is 19.8 Å². The standard InChI is InChI=1S/2C16H32O2.Sn/c2*1-2-3-4-5-6-7-8-9-10-11-12-13-14-15-16(17)18;/h2*2-15H2,1H3,(H,17,18);/q;;+2/p-2. The molecule has 0 amide bonds. The number of carboxylic acid groups (broad SMARTS) is 2. The van der Waals surface area contributed by atoms with E-state index in [-0.39, 0.29) is 36.7 Å². The van der Waals surface area contributed by atoms with Gasteiger partial charge in [-0.25, -0.2) is 0 Å². The predicted molar refractivity (Wildman–Crippen MR) is 156 cm³/mol. The maximum atomic E-state index is 10.2. The van der Waals surface area contributed by atoms with E-state index in [2.05, 4.69) is 13.8 Å². The Kier molecular flexibility index (Phi) is 42.2. The van der Waals surface area contributed by atoms with Gasteiger partial charge in [-0.05, 0) is 25.7 Å². The van der Waals surface area contributed by atoms with Crippen molar-refractivity contribution in [3.8, 4) is 0 Å². The van der Waals surface area contributed by atoms with E-state index >= 15 is 0 Å². The average Bonchev–Trinajstić information content (AvgIpc) is 2.85. The van der Waals surface area contributed by atoms with Crippen molar-refractivity contribution >= 4 is 35.8 Å². The van der Waals surface area contributed by atoms with Crippen LogP contribution in [0.25, 0.3) is 0 Å². The molecule has 0 unspecified atom stereocenters. The topological polar surface area (TPSA) is 80.3 Å². The smallest absolute Gasteiger partial charge is 0.550 e. The quantitative estimate of drug-likeness (QED) is 0.0648. The molecular formula is C32H62O4Sn. The van der Waals surface area contributed by atoms with Crippen LogP contribution in [-0.2, 0) is 9.59 Å². The first-order valence-corrected chi connectivity index (χ1v) is 15.9. The van der Waals surface area contributed by atoms with Crippen molar-refractivity contribution in [1.82, 2.24) is 0 Å². The number of carboxylic acids is 2. The molecule has 0 bridgehead atoms. The fraction of sp³-hybridized carbons (Fsp3) is 0.938. The van der Waals surface area contributed by atoms with Gasteiger partial charge in [-0.1, -0.05) is 168 Å². The Morgan fingerprint density at radius 1 is 0.351 bits per heavy atom. The Bertz CT molecular complexity index is 403. The van der Waals surface area contributed by atoms with E-state index in [0.29, 0.717) is 0 Å². The first-order chi connectivity index (χ1) is 17.5. The third-order valence-corrected chi connectivity index (χ3v) is 6.97. The Labute approximate surface area is 248 Å². The molecule has 0 saturated heterocycles. The molecule has 0 rings (SSSR count). The molecule has 0 fully saturated rings. The van der Waals surface area contributed by atoms with Gasteiger partial charge < -0.3 is 19.8 Å². The van der Waals surface area contributed by atoms with Crippen LogP contribution in [0.1, 0.15) is 194 Å². The van der Waals surface area contributed by atoms with E-state index in [1.165, 1.54) is 141 Å². The normalized spacial score (nSPS) is 10.4. The minimum atomic E-state index is -0.905. The van der Waals surface area contributed by atoms with Gasteiger partial charge in [0, 0.05) is 11.9 Å². The van der Waals surface area contributed by atoms with Crippen molar-refractivity contribution in [3.63, 3.8) is 0 Å². The van der Waals surface area contributed by atoms with Crippen LogP contribution >= 0.6 is 0 Å². The molecule has 0 heterocycles. The predicted octanol–water partition coefficient (Wildman–Crippen LogP) is 8.05. The third kappa shape index (κ3) is 46.0. The minimum Gasteiger partial charge on any atom is -0.550 e. The molecule has 2 radical (unpaired) electrons. The van der Waals surface area contributed by atoms with Gasteiger partial charge in [-0.15, -0.1) is 0 Å². The molecule has 218 valence electrons. The van der Waals surface area contributed by atoms with Gasteiger partial charge in [0.15, 0.2) is 0 Å². The Hall–Kier alpha value is -0.261. The molecule has 0 aromatic heterocycles. The Morgan fingerprint density at radius 3 is 0.676 bits per heavy atom. The second-order valence-corrected chi connectivity index (χ2v) is 10.7. The van der Waals surface area contributed by atoms with Crippen molar-refractivity contribution in [2.75, 3.05) is 0 Å². The number of aliphatic carboxylic acids is 2. The SMILES string of the molecule is CCCCCCCCCCCCCCCC(=O)[O-].CCCCCCCCCCCCCCCC(=O)[O-].[Sn+2]. The van der Waals surface area contributed by atoms with Crippen molar-refractivity contribution in [1.29, 1.82) is 0 Å². The van der Waals surface area contributed by atoms with Gasteiger partial charge in [0.1, 0.15) is 0 Å². The average molecular weight is 630 g/mol. The fourth-order valence-electron chi connectivity index (χ4n) is 4.57. The van der Waals surface area contributed by atoms with Crippen LogP contribution in [0.4, 0.5) is 0 Å². The maximum Gasteiger partial charge on any atom is 2.00 e. The summed E-state index contributed by atoms with van der Waals surface area (Å²) >= 11 is 0. The fourth-order valence-corrected chi connectivity index (χ4v) is 4.57. The van der Waals surface area contributed by atoms with E-state index < -0.39 is 11.9 Å². The van der Waals surface area contributed by atoms with E-state index in [1.54, 1.807) is 0 Å². The van der Waals surface area contributed by atoms with E-state index in [4.69, 9.17) is 0 Å². The molecule has 0 saturated carbocycles. The molecule has 0 aromatic rings. The Morgan fingerprint density at radius 2 is 0.514 bits per heavy atom. The van der Waals surface area contributed by atoms with Gasteiger partial charge in [-0.2, -0.15) is 0 Å². The van der Waals surface area contributed by atoms with Crippen LogP contribution in [0.15, 0.2) is 0 Å². The maximum absolute atomic E-state index is 10.2. The van der Waals surface area contributed by atoms with Crippen LogP contribution in [0.2, 0.25) is 0 Å². The van der Waals surface area contributed by atoms with Crippen LogP contribution in [-0.4, -0.2) is 35.8 Å². The number of hydrogen-bond donors (Lipinski definition) is 0. The molecule has 4 nitrogen and oxygen atoms in total. The number of rotatable bonds is 28. The summed E-state index contributed by atoms with van der Waals surface area (Å²) in [6.07, 6.45) is 33.9. The number of carbonyl (C=O) groups is 2. The van der Waals surface area contributed by atoms with Crippen molar-refractivity contribution in [2.45, 2.75) is 194 Å². The minimum absolute atomic E-state index is 0. The second-order valence-electron chi connectivity index (χ2n) is 10.7. The second kappa shape index (κ2) is 37.9. The van der Waals surface area contributed by atoms with Gasteiger partial charge in [0.05, 0.1) is 0 Å². The first-order valence-electron chi connectivity index (χ1n) is 15.9. The summed E-state index contributed by atoms with van der Waals surface area (Å²) in [5.74, 6) is -1.81. The van der Waals surface area contributed by atoms with Gasteiger partial charge >= 0.3 is 23.9 Å². The van der Waals surface area contributed by atoms with E-state index in [0.717, 1.165) is 25.7 Å². The summed E-state index contributed by atoms with van der Waals surface area (Å²) in [5, 5.41) is 20.4. The molecular weight excluding hydrogens is 567 g/mol. The Balaban J connectivity index is -0.000000608. The van der Waals surface area contributed by atoms with Crippen LogP contribution in [0, 0.1) is 0 Å². The van der Waals surface area contributed by atoms with E-state index in [1.807, 2.05) is 0 Å². The van der Waals surface area contributed by atoms with Gasteiger partial charge in [0.2, 0.25) is 0 Å². The van der Waals surface area contributed by atoms with Crippen LogP contribution in [0.5, 0.6) is 0 Å². The molecule has 0 spiro atoms. The zero-order valence-corrected chi connectivity index (χ0v) is 27.8. The summed E-state index contributed by atoms with van der Waals surface area (Å²) < 4.78 is 0. The van der Waals surface area contributed by atoms with Gasteiger partial charge in [-0.3, -0.25) is 0 Å². The van der Waals surface area contributed by atoms with Crippen LogP contribution < -0.4 is 10.2 Å². The summed E-state index contributed by atoms with van der Waals surface area (Å²) in [4.78, 5) is 20.4. The number of carbonyl (C=O) groups excluding carboxylic acids is 2. The van der Waals surface area contributed by atoms with Gasteiger partial charge in [0.25, 0.3) is 0 Å². The molecule has 0 atom stereocenters. The molecule has 5 heteroatoms. The monoisotopic (exact) mass is 630 g/mol. The van der Waals surface area contributed by atoms with Crippen molar-refractivity contribution in [2.24, 2.45) is 0 Å². The molecule has 37 heavy (non-hydrogen) atoms. The number of hydrogen-bond acceptors (Lipinski definition) is 4. The van der Waals surface area contributed by atoms with E-state index in [9.17, 15) is 19.8 Å². The molecule has 0 aliphatic heterocycles. The summed E-state index contributed by atoms with van der Waals surface area (Å²) in [5.41, 5.74) is 0. The molecule has 0 N–H and O–H groups in total. The summed E-state index contributed by atoms with van der Waals surface area (Å²) in [7, 11) is 0. The third-order valence-electron chi connectivity index (χ3n) is 6.97. The number of unbranched alkanes of at least 4 members (excludes halogenated alkanes) is 24. The van der Waals surface area contributed by atoms with Crippen molar-refractivity contribution in [3.05, 3.63) is 0 Å². The molecule has 0 aliphatic carbocycles. The largest absolute Gasteiger partial charge is 2.00 e. The van der Waals surface area contributed by atoms with Crippen LogP contribution in [0.3, 0.4) is 0 Å². The summed E-state index contributed by atoms with van der Waals surface area (Å²) in [6, 6.07) is 0. The summed E-state index contributed by atoms with van der Waals surface area (Å²) in [6.45, 7) is 4.51. The molecule has 0 aliphatic rings.